The molecular weight excluding hydrogens is 254 g/mol. The van der Waals surface area contributed by atoms with Crippen molar-refractivity contribution in [2.24, 2.45) is 0 Å². The standard InChI is InChI=1S/C20H27N/c1-4-8-16-9-7-10-19(15-16)17-11-13-18(14-12-17)20(5-2)21-6-3/h7,9-15,20-21H,4-6,8H2,1-3H3. The van der Waals surface area contributed by atoms with Crippen LogP contribution in [0, 0.1) is 0 Å². The topological polar surface area (TPSA) is 12.0 Å². The van der Waals surface area contributed by atoms with Gasteiger partial charge in [0.05, 0.1) is 0 Å². The minimum atomic E-state index is 0.468. The maximum atomic E-state index is 3.53. The van der Waals surface area contributed by atoms with E-state index in [9.17, 15) is 0 Å². The van der Waals surface area contributed by atoms with E-state index in [1.54, 1.807) is 0 Å². The van der Waals surface area contributed by atoms with Crippen LogP contribution >= 0.6 is 0 Å². The van der Waals surface area contributed by atoms with Crippen molar-refractivity contribution in [3.05, 3.63) is 59.7 Å². The first-order chi connectivity index (χ1) is 10.3. The zero-order chi connectivity index (χ0) is 15.1. The van der Waals surface area contributed by atoms with E-state index in [-0.39, 0.29) is 0 Å². The van der Waals surface area contributed by atoms with Crippen molar-refractivity contribution in [3.8, 4) is 11.1 Å². The van der Waals surface area contributed by atoms with Gasteiger partial charge in [0.2, 0.25) is 0 Å². The molecule has 0 fully saturated rings. The molecule has 1 N–H and O–H groups in total. The van der Waals surface area contributed by atoms with Crippen LogP contribution in [0.25, 0.3) is 11.1 Å². The minimum absolute atomic E-state index is 0.468. The van der Waals surface area contributed by atoms with Crippen LogP contribution in [0.2, 0.25) is 0 Å². The number of benzene rings is 2. The normalized spacial score (nSPS) is 12.3. The summed E-state index contributed by atoms with van der Waals surface area (Å²) in [6.45, 7) is 7.64. The molecule has 0 aromatic heterocycles. The van der Waals surface area contributed by atoms with Gasteiger partial charge in [0.1, 0.15) is 0 Å². The van der Waals surface area contributed by atoms with E-state index >= 15 is 0 Å². The van der Waals surface area contributed by atoms with Gasteiger partial charge in [-0.2, -0.15) is 0 Å². The number of nitrogens with one attached hydrogen (secondary N) is 1. The molecule has 0 spiro atoms. The predicted molar refractivity (Wildman–Crippen MR) is 92.6 cm³/mol. The summed E-state index contributed by atoms with van der Waals surface area (Å²) in [6.07, 6.45) is 3.48. The van der Waals surface area contributed by atoms with Crippen LogP contribution in [0.1, 0.15) is 50.8 Å². The summed E-state index contributed by atoms with van der Waals surface area (Å²) in [6, 6.07) is 18.4. The Balaban J connectivity index is 2.20. The van der Waals surface area contributed by atoms with E-state index in [2.05, 4.69) is 74.6 Å². The Morgan fingerprint density at radius 1 is 0.905 bits per heavy atom. The average Bonchev–Trinajstić information content (AvgIpc) is 2.53. The minimum Gasteiger partial charge on any atom is -0.310 e. The molecule has 0 aliphatic rings. The van der Waals surface area contributed by atoms with Gasteiger partial charge in [0, 0.05) is 6.04 Å². The zero-order valence-electron chi connectivity index (χ0n) is 13.5. The summed E-state index contributed by atoms with van der Waals surface area (Å²) in [5, 5.41) is 3.53. The second kappa shape index (κ2) is 7.99. The van der Waals surface area contributed by atoms with Crippen LogP contribution < -0.4 is 5.32 Å². The molecule has 0 bridgehead atoms. The summed E-state index contributed by atoms with van der Waals surface area (Å²) >= 11 is 0. The number of rotatable bonds is 7. The lowest BCUT2D eigenvalue weighted by Crippen LogP contribution is -2.19. The van der Waals surface area contributed by atoms with Crippen LogP contribution in [-0.4, -0.2) is 6.54 Å². The highest BCUT2D eigenvalue weighted by molar-refractivity contribution is 5.64. The van der Waals surface area contributed by atoms with Gasteiger partial charge in [-0.1, -0.05) is 75.7 Å². The van der Waals surface area contributed by atoms with Crippen molar-refractivity contribution in [2.45, 2.75) is 46.1 Å². The summed E-state index contributed by atoms with van der Waals surface area (Å²) in [4.78, 5) is 0. The number of aryl methyl sites for hydroxylation is 1. The van der Waals surface area contributed by atoms with Crippen LogP contribution in [0.15, 0.2) is 48.5 Å². The van der Waals surface area contributed by atoms with Crippen molar-refractivity contribution >= 4 is 0 Å². The summed E-state index contributed by atoms with van der Waals surface area (Å²) in [7, 11) is 0. The molecule has 1 atom stereocenters. The molecule has 0 saturated carbocycles. The molecule has 1 unspecified atom stereocenters. The lowest BCUT2D eigenvalue weighted by Gasteiger charge is -2.16. The quantitative estimate of drug-likeness (QED) is 0.719. The third-order valence-electron chi connectivity index (χ3n) is 3.97. The molecule has 0 aliphatic carbocycles. The van der Waals surface area contributed by atoms with Gasteiger partial charge in [-0.25, -0.2) is 0 Å². The van der Waals surface area contributed by atoms with Gasteiger partial charge in [-0.3, -0.25) is 0 Å². The Morgan fingerprint density at radius 2 is 1.67 bits per heavy atom. The SMILES string of the molecule is CCCc1cccc(-c2ccc(C(CC)NCC)cc2)c1. The third kappa shape index (κ3) is 4.18. The fraction of sp³-hybridized carbons (Fsp3) is 0.400. The van der Waals surface area contributed by atoms with Crippen molar-refractivity contribution in [3.63, 3.8) is 0 Å². The molecule has 0 aliphatic heterocycles. The van der Waals surface area contributed by atoms with E-state index in [1.807, 2.05) is 0 Å². The van der Waals surface area contributed by atoms with Gasteiger partial charge in [-0.05, 0) is 41.6 Å². The summed E-state index contributed by atoms with van der Waals surface area (Å²) in [5.41, 5.74) is 5.44. The Bertz CT molecular complexity index is 542. The Morgan fingerprint density at radius 3 is 2.29 bits per heavy atom. The van der Waals surface area contributed by atoms with Crippen LogP contribution in [0.5, 0.6) is 0 Å². The van der Waals surface area contributed by atoms with E-state index in [4.69, 9.17) is 0 Å². The fourth-order valence-corrected chi connectivity index (χ4v) is 2.85. The predicted octanol–water partition coefficient (Wildman–Crippen LogP) is 5.37. The molecule has 1 nitrogen and oxygen atoms in total. The Hall–Kier alpha value is -1.60. The monoisotopic (exact) mass is 281 g/mol. The summed E-state index contributed by atoms with van der Waals surface area (Å²) in [5.74, 6) is 0. The highest BCUT2D eigenvalue weighted by Crippen LogP contribution is 2.24. The fourth-order valence-electron chi connectivity index (χ4n) is 2.85. The molecule has 1 heteroatoms. The van der Waals surface area contributed by atoms with E-state index in [0.29, 0.717) is 6.04 Å². The van der Waals surface area contributed by atoms with E-state index < -0.39 is 0 Å². The van der Waals surface area contributed by atoms with Gasteiger partial charge in [0.25, 0.3) is 0 Å². The van der Waals surface area contributed by atoms with Crippen LogP contribution in [-0.2, 0) is 6.42 Å². The molecule has 2 rings (SSSR count). The van der Waals surface area contributed by atoms with Gasteiger partial charge in [-0.15, -0.1) is 0 Å². The maximum absolute atomic E-state index is 3.53. The molecule has 112 valence electrons. The molecule has 21 heavy (non-hydrogen) atoms. The Kier molecular flexibility index (Phi) is 6.01. The lowest BCUT2D eigenvalue weighted by molar-refractivity contribution is 0.537. The average molecular weight is 281 g/mol. The molecule has 2 aromatic rings. The molecular formula is C20H27N. The molecule has 2 aromatic carbocycles. The second-order valence-electron chi connectivity index (χ2n) is 5.59. The summed E-state index contributed by atoms with van der Waals surface area (Å²) < 4.78 is 0. The van der Waals surface area contributed by atoms with E-state index in [1.165, 1.54) is 28.7 Å². The van der Waals surface area contributed by atoms with Gasteiger partial charge in [0.15, 0.2) is 0 Å². The van der Waals surface area contributed by atoms with Gasteiger partial charge >= 0.3 is 0 Å². The van der Waals surface area contributed by atoms with Crippen LogP contribution in [0.3, 0.4) is 0 Å². The second-order valence-corrected chi connectivity index (χ2v) is 5.59. The smallest absolute Gasteiger partial charge is 0.0317 e. The third-order valence-corrected chi connectivity index (χ3v) is 3.97. The largest absolute Gasteiger partial charge is 0.310 e. The van der Waals surface area contributed by atoms with E-state index in [0.717, 1.165) is 19.4 Å². The van der Waals surface area contributed by atoms with Gasteiger partial charge < -0.3 is 5.32 Å². The highest BCUT2D eigenvalue weighted by atomic mass is 14.9. The molecule has 0 amide bonds. The number of hydrogen-bond acceptors (Lipinski definition) is 1. The molecule has 0 heterocycles. The van der Waals surface area contributed by atoms with Crippen molar-refractivity contribution < 1.29 is 0 Å². The number of hydrogen-bond donors (Lipinski definition) is 1. The Labute approximate surface area is 129 Å². The van der Waals surface area contributed by atoms with Crippen molar-refractivity contribution in [1.82, 2.24) is 5.32 Å². The first-order valence-electron chi connectivity index (χ1n) is 8.21. The molecule has 0 saturated heterocycles. The molecule has 0 radical (unpaired) electrons. The van der Waals surface area contributed by atoms with Crippen LogP contribution in [0.4, 0.5) is 0 Å². The zero-order valence-corrected chi connectivity index (χ0v) is 13.5. The lowest BCUT2D eigenvalue weighted by atomic mass is 9.98. The van der Waals surface area contributed by atoms with Crippen molar-refractivity contribution in [2.75, 3.05) is 6.54 Å². The highest BCUT2D eigenvalue weighted by Gasteiger charge is 2.07. The van der Waals surface area contributed by atoms with Crippen molar-refractivity contribution in [1.29, 1.82) is 0 Å². The maximum Gasteiger partial charge on any atom is 0.0317 e. The first-order valence-corrected chi connectivity index (χ1v) is 8.21. The first kappa shape index (κ1) is 15.8.